The molecule has 1 unspecified atom stereocenters. The second-order valence-corrected chi connectivity index (χ2v) is 4.45. The fourth-order valence-corrected chi connectivity index (χ4v) is 2.92. The highest BCUT2D eigenvalue weighted by Crippen LogP contribution is 2.47. The number of thioether (sulfide) groups is 1. The molecule has 2 heterocycles. The van der Waals surface area contributed by atoms with Crippen molar-refractivity contribution in [3.05, 3.63) is 10.6 Å². The van der Waals surface area contributed by atoms with Gasteiger partial charge in [-0.1, -0.05) is 11.8 Å². The number of aliphatic hydroxyl groups excluding tert-OH is 1. The minimum absolute atomic E-state index is 0.0498. The van der Waals surface area contributed by atoms with E-state index in [0.717, 1.165) is 0 Å². The molecule has 0 radical (unpaired) electrons. The smallest absolute Gasteiger partial charge is 0.353 e. The van der Waals surface area contributed by atoms with Crippen molar-refractivity contribution in [1.29, 1.82) is 0 Å². The van der Waals surface area contributed by atoms with Crippen LogP contribution in [0.1, 0.15) is 13.3 Å². The molecule has 1 saturated heterocycles. The largest absolute Gasteiger partial charge is 0.477 e. The Morgan fingerprint density at radius 1 is 1.71 bits per heavy atom. The molecule has 6 heteroatoms. The number of carboxylic acids is 1. The number of carbonyl (C=O) groups is 2. The van der Waals surface area contributed by atoms with Gasteiger partial charge in [-0.2, -0.15) is 0 Å². The summed E-state index contributed by atoms with van der Waals surface area (Å²) in [5, 5.41) is 18.1. The molecule has 0 aromatic heterocycles. The van der Waals surface area contributed by atoms with Crippen LogP contribution in [-0.2, 0) is 9.59 Å². The van der Waals surface area contributed by atoms with Gasteiger partial charge in [0.25, 0.3) is 0 Å². The average Bonchev–Trinajstić information content (AvgIpc) is 2.37. The standard InChI is InChI=1S/C8H9NO4S/c1-3(10)7-6(8(12)13)9-4(11)2-5(9)14-7/h3,5,10H,2H2,1H3,(H,12,13)/t3?,5-/m1/s1. The van der Waals surface area contributed by atoms with E-state index in [-0.39, 0.29) is 17.0 Å². The molecule has 0 bridgehead atoms. The van der Waals surface area contributed by atoms with Crippen LogP contribution in [0.15, 0.2) is 10.6 Å². The number of rotatable bonds is 2. The Morgan fingerprint density at radius 3 is 2.79 bits per heavy atom. The zero-order valence-electron chi connectivity index (χ0n) is 7.43. The minimum atomic E-state index is -1.15. The van der Waals surface area contributed by atoms with Crippen LogP contribution >= 0.6 is 11.8 Å². The Bertz CT molecular complexity index is 349. The van der Waals surface area contributed by atoms with Crippen molar-refractivity contribution in [2.45, 2.75) is 24.8 Å². The van der Waals surface area contributed by atoms with Crippen molar-refractivity contribution < 1.29 is 19.8 Å². The number of hydrogen-bond donors (Lipinski definition) is 2. The van der Waals surface area contributed by atoms with Gasteiger partial charge < -0.3 is 10.2 Å². The Morgan fingerprint density at radius 2 is 2.36 bits per heavy atom. The molecule has 0 saturated carbocycles. The van der Waals surface area contributed by atoms with Crippen molar-refractivity contribution in [2.24, 2.45) is 0 Å². The summed E-state index contributed by atoms with van der Waals surface area (Å²) in [6, 6.07) is 0. The van der Waals surface area contributed by atoms with Crippen molar-refractivity contribution >= 4 is 23.6 Å². The van der Waals surface area contributed by atoms with Gasteiger partial charge in [0.15, 0.2) is 0 Å². The Labute approximate surface area is 84.4 Å². The van der Waals surface area contributed by atoms with Crippen molar-refractivity contribution in [3.63, 3.8) is 0 Å². The van der Waals surface area contributed by atoms with Gasteiger partial charge >= 0.3 is 5.97 Å². The van der Waals surface area contributed by atoms with E-state index in [1.807, 2.05) is 0 Å². The van der Waals surface area contributed by atoms with Gasteiger partial charge in [0.05, 0.1) is 17.9 Å². The third-order valence-corrected chi connectivity index (χ3v) is 3.66. The second kappa shape index (κ2) is 2.99. The van der Waals surface area contributed by atoms with Gasteiger partial charge in [0.2, 0.25) is 5.91 Å². The molecule has 2 aliphatic heterocycles. The molecule has 0 aliphatic carbocycles. The normalized spacial score (nSPS) is 27.4. The monoisotopic (exact) mass is 215 g/mol. The summed E-state index contributed by atoms with van der Waals surface area (Å²) in [6.07, 6.45) is -0.470. The summed E-state index contributed by atoms with van der Waals surface area (Å²) in [5.41, 5.74) is -0.0498. The third-order valence-electron chi connectivity index (χ3n) is 2.23. The quantitative estimate of drug-likeness (QED) is 0.632. The molecular weight excluding hydrogens is 206 g/mol. The zero-order chi connectivity index (χ0) is 10.5. The molecule has 1 fully saturated rings. The molecule has 1 amide bonds. The van der Waals surface area contributed by atoms with Crippen LogP contribution in [0.3, 0.4) is 0 Å². The van der Waals surface area contributed by atoms with E-state index >= 15 is 0 Å². The Kier molecular flexibility index (Phi) is 2.04. The number of fused-ring (bicyclic) bond motifs is 1. The predicted molar refractivity (Wildman–Crippen MR) is 49.2 cm³/mol. The number of aliphatic hydroxyl groups is 1. The third kappa shape index (κ3) is 1.14. The number of amides is 1. The average molecular weight is 215 g/mol. The Balaban J connectivity index is 2.38. The Hall–Kier alpha value is -1.01. The molecule has 2 atom stereocenters. The first-order chi connectivity index (χ1) is 6.52. The van der Waals surface area contributed by atoms with Crippen LogP contribution in [-0.4, -0.2) is 38.5 Å². The maximum absolute atomic E-state index is 11.1. The van der Waals surface area contributed by atoms with E-state index in [9.17, 15) is 14.7 Å². The summed E-state index contributed by atoms with van der Waals surface area (Å²) >= 11 is 1.26. The lowest BCUT2D eigenvalue weighted by Crippen LogP contribution is -2.48. The van der Waals surface area contributed by atoms with E-state index < -0.39 is 12.1 Å². The van der Waals surface area contributed by atoms with E-state index in [0.29, 0.717) is 11.3 Å². The van der Waals surface area contributed by atoms with E-state index in [1.54, 1.807) is 0 Å². The van der Waals surface area contributed by atoms with Crippen LogP contribution in [0.5, 0.6) is 0 Å². The first kappa shape index (κ1) is 9.54. The lowest BCUT2D eigenvalue weighted by Gasteiger charge is -2.33. The van der Waals surface area contributed by atoms with Gasteiger partial charge in [-0.25, -0.2) is 4.79 Å². The highest BCUT2D eigenvalue weighted by Gasteiger charge is 2.49. The van der Waals surface area contributed by atoms with E-state index in [1.165, 1.54) is 23.6 Å². The van der Waals surface area contributed by atoms with Gasteiger partial charge in [-0.05, 0) is 6.92 Å². The second-order valence-electron chi connectivity index (χ2n) is 3.23. The van der Waals surface area contributed by atoms with Gasteiger partial charge in [-0.15, -0.1) is 0 Å². The van der Waals surface area contributed by atoms with Crippen molar-refractivity contribution in [3.8, 4) is 0 Å². The highest BCUT2D eigenvalue weighted by atomic mass is 32.2. The molecule has 0 aromatic rings. The van der Waals surface area contributed by atoms with Crippen LogP contribution in [0.2, 0.25) is 0 Å². The topological polar surface area (TPSA) is 77.8 Å². The molecule has 5 nitrogen and oxygen atoms in total. The van der Waals surface area contributed by atoms with Gasteiger partial charge in [-0.3, -0.25) is 9.69 Å². The lowest BCUT2D eigenvalue weighted by atomic mass is 10.1. The fraction of sp³-hybridized carbons (Fsp3) is 0.500. The van der Waals surface area contributed by atoms with Crippen LogP contribution < -0.4 is 0 Å². The number of carboxylic acid groups (broad SMARTS) is 1. The van der Waals surface area contributed by atoms with Crippen LogP contribution in [0.25, 0.3) is 0 Å². The van der Waals surface area contributed by atoms with Crippen LogP contribution in [0.4, 0.5) is 0 Å². The zero-order valence-corrected chi connectivity index (χ0v) is 8.24. The molecular formula is C8H9NO4S. The fourth-order valence-electron chi connectivity index (χ4n) is 1.58. The molecule has 2 N–H and O–H groups in total. The summed E-state index contributed by atoms with van der Waals surface area (Å²) in [5.74, 6) is -1.33. The van der Waals surface area contributed by atoms with Gasteiger partial charge in [0.1, 0.15) is 5.70 Å². The number of nitrogens with zero attached hydrogens (tertiary/aromatic N) is 1. The summed E-state index contributed by atoms with van der Waals surface area (Å²) in [6.45, 7) is 1.50. The van der Waals surface area contributed by atoms with E-state index in [2.05, 4.69) is 0 Å². The molecule has 2 aliphatic rings. The highest BCUT2D eigenvalue weighted by molar-refractivity contribution is 8.04. The lowest BCUT2D eigenvalue weighted by molar-refractivity contribution is -0.145. The number of β-lactam (4-membered cyclic amide) rings is 1. The molecule has 0 spiro atoms. The number of hydrogen-bond acceptors (Lipinski definition) is 4. The predicted octanol–water partition coefficient (Wildman–Crippen LogP) is -0.0314. The number of aliphatic carboxylic acids is 1. The summed E-state index contributed by atoms with van der Waals surface area (Å²) < 4.78 is 0. The molecule has 76 valence electrons. The van der Waals surface area contributed by atoms with Crippen molar-refractivity contribution in [1.82, 2.24) is 4.90 Å². The minimum Gasteiger partial charge on any atom is -0.477 e. The maximum atomic E-state index is 11.1. The first-order valence-corrected chi connectivity index (χ1v) is 5.04. The first-order valence-electron chi connectivity index (χ1n) is 4.16. The number of carbonyl (C=O) groups excluding carboxylic acids is 1. The molecule has 0 aromatic carbocycles. The molecule has 2 rings (SSSR count). The van der Waals surface area contributed by atoms with Gasteiger partial charge in [0, 0.05) is 4.91 Å². The summed E-state index contributed by atoms with van der Waals surface area (Å²) in [7, 11) is 0. The molecule has 14 heavy (non-hydrogen) atoms. The van der Waals surface area contributed by atoms with E-state index in [4.69, 9.17) is 5.11 Å². The summed E-state index contributed by atoms with van der Waals surface area (Å²) in [4.78, 5) is 23.6. The SMILES string of the molecule is CC(O)C1=C(C(=O)O)N2C(=O)C[C@H]2S1. The maximum Gasteiger partial charge on any atom is 0.353 e. The van der Waals surface area contributed by atoms with Crippen molar-refractivity contribution in [2.75, 3.05) is 0 Å². The van der Waals surface area contributed by atoms with Crippen LogP contribution in [0, 0.1) is 0 Å².